The summed E-state index contributed by atoms with van der Waals surface area (Å²) < 4.78 is 14.1. The Kier molecular flexibility index (Phi) is 3.94. The first-order chi connectivity index (χ1) is 8.66. The fraction of sp³-hybridized carbons (Fsp3) is 0.167. The SMILES string of the molecule is O=C(NCc1ccc(-n2cccn2)cc1)C(F)Cl. The molecule has 0 saturated heterocycles. The van der Waals surface area contributed by atoms with Gasteiger partial charge in [-0.15, -0.1) is 0 Å². The van der Waals surface area contributed by atoms with Crippen LogP contribution in [0.15, 0.2) is 42.7 Å². The van der Waals surface area contributed by atoms with E-state index in [1.54, 1.807) is 10.9 Å². The molecule has 2 aromatic rings. The van der Waals surface area contributed by atoms with E-state index in [1.165, 1.54) is 0 Å². The van der Waals surface area contributed by atoms with Crippen molar-refractivity contribution in [1.29, 1.82) is 0 Å². The molecule has 4 nitrogen and oxygen atoms in total. The lowest BCUT2D eigenvalue weighted by Crippen LogP contribution is -2.28. The molecular weight excluding hydrogens is 257 g/mol. The van der Waals surface area contributed by atoms with E-state index in [0.29, 0.717) is 0 Å². The Labute approximate surface area is 108 Å². The predicted molar refractivity (Wildman–Crippen MR) is 66.2 cm³/mol. The van der Waals surface area contributed by atoms with E-state index in [9.17, 15) is 9.18 Å². The molecule has 1 heterocycles. The van der Waals surface area contributed by atoms with Crippen LogP contribution in [0, 0.1) is 0 Å². The smallest absolute Gasteiger partial charge is 0.270 e. The number of hydrogen-bond donors (Lipinski definition) is 1. The summed E-state index contributed by atoms with van der Waals surface area (Å²) in [6.07, 6.45) is 3.52. The van der Waals surface area contributed by atoms with Gasteiger partial charge in [0, 0.05) is 18.9 Å². The van der Waals surface area contributed by atoms with Crippen molar-refractivity contribution in [2.45, 2.75) is 12.2 Å². The Morgan fingerprint density at radius 2 is 2.17 bits per heavy atom. The summed E-state index contributed by atoms with van der Waals surface area (Å²) >= 11 is 5.00. The third-order valence-corrected chi connectivity index (χ3v) is 2.57. The lowest BCUT2D eigenvalue weighted by atomic mass is 10.2. The highest BCUT2D eigenvalue weighted by atomic mass is 35.5. The number of benzene rings is 1. The molecule has 0 fully saturated rings. The summed E-state index contributed by atoms with van der Waals surface area (Å²) in [6, 6.07) is 9.22. The van der Waals surface area contributed by atoms with Gasteiger partial charge in [-0.1, -0.05) is 23.7 Å². The van der Waals surface area contributed by atoms with E-state index in [0.717, 1.165) is 11.3 Å². The molecule has 0 aliphatic rings. The zero-order valence-corrected chi connectivity index (χ0v) is 10.1. The Morgan fingerprint density at radius 3 is 2.72 bits per heavy atom. The third-order valence-electron chi connectivity index (χ3n) is 2.37. The quantitative estimate of drug-likeness (QED) is 0.862. The van der Waals surface area contributed by atoms with Crippen LogP contribution in [0.5, 0.6) is 0 Å². The first kappa shape index (κ1) is 12.6. The zero-order valence-electron chi connectivity index (χ0n) is 9.38. The minimum absolute atomic E-state index is 0.241. The normalized spacial score (nSPS) is 12.1. The van der Waals surface area contributed by atoms with Gasteiger partial charge >= 0.3 is 0 Å². The van der Waals surface area contributed by atoms with Crippen LogP contribution in [0.2, 0.25) is 0 Å². The molecule has 0 spiro atoms. The topological polar surface area (TPSA) is 46.9 Å². The Balaban J connectivity index is 1.98. The van der Waals surface area contributed by atoms with Crippen LogP contribution < -0.4 is 5.32 Å². The van der Waals surface area contributed by atoms with Crippen molar-refractivity contribution < 1.29 is 9.18 Å². The molecule has 1 aromatic heterocycles. The van der Waals surface area contributed by atoms with Crippen LogP contribution in [-0.4, -0.2) is 21.3 Å². The highest BCUT2D eigenvalue weighted by molar-refractivity contribution is 6.29. The Hall–Kier alpha value is -1.88. The molecule has 0 saturated carbocycles. The van der Waals surface area contributed by atoms with Gasteiger partial charge in [-0.2, -0.15) is 5.10 Å². The minimum Gasteiger partial charge on any atom is -0.348 e. The highest BCUT2D eigenvalue weighted by Gasteiger charge is 2.11. The number of aromatic nitrogens is 2. The second-order valence-corrected chi connectivity index (χ2v) is 4.02. The summed E-state index contributed by atoms with van der Waals surface area (Å²) in [5, 5.41) is 6.48. The highest BCUT2D eigenvalue weighted by Crippen LogP contribution is 2.08. The summed E-state index contributed by atoms with van der Waals surface area (Å²) in [4.78, 5) is 10.9. The first-order valence-electron chi connectivity index (χ1n) is 5.31. The molecule has 6 heteroatoms. The van der Waals surface area contributed by atoms with Crippen molar-refractivity contribution in [1.82, 2.24) is 15.1 Å². The van der Waals surface area contributed by atoms with Gasteiger partial charge in [-0.25, -0.2) is 9.07 Å². The lowest BCUT2D eigenvalue weighted by Gasteiger charge is -2.06. The lowest BCUT2D eigenvalue weighted by molar-refractivity contribution is -0.123. The maximum atomic E-state index is 12.4. The first-order valence-corrected chi connectivity index (χ1v) is 5.75. The van der Waals surface area contributed by atoms with E-state index >= 15 is 0 Å². The number of hydrogen-bond acceptors (Lipinski definition) is 2. The molecule has 1 N–H and O–H groups in total. The molecule has 94 valence electrons. The summed E-state index contributed by atoms with van der Waals surface area (Å²) in [5.74, 6) is -0.826. The van der Waals surface area contributed by atoms with Crippen LogP contribution in [0.25, 0.3) is 5.69 Å². The fourth-order valence-electron chi connectivity index (χ4n) is 1.45. The number of nitrogens with zero attached hydrogens (tertiary/aromatic N) is 2. The number of halogens is 2. The van der Waals surface area contributed by atoms with Crippen LogP contribution in [0.1, 0.15) is 5.56 Å². The predicted octanol–water partition coefficient (Wildman–Crippen LogP) is 2.02. The molecule has 18 heavy (non-hydrogen) atoms. The second kappa shape index (κ2) is 5.64. The summed E-state index contributed by atoms with van der Waals surface area (Å²) in [7, 11) is 0. The van der Waals surface area contributed by atoms with Gasteiger partial charge < -0.3 is 5.32 Å². The van der Waals surface area contributed by atoms with Gasteiger partial charge in [0.15, 0.2) is 0 Å². The van der Waals surface area contributed by atoms with Gasteiger partial charge in [-0.3, -0.25) is 4.79 Å². The summed E-state index contributed by atoms with van der Waals surface area (Å²) in [6.45, 7) is 0.241. The summed E-state index contributed by atoms with van der Waals surface area (Å²) in [5.41, 5.74) is -0.235. The van der Waals surface area contributed by atoms with Crippen molar-refractivity contribution in [3.8, 4) is 5.69 Å². The molecule has 0 radical (unpaired) electrons. The maximum Gasteiger partial charge on any atom is 0.270 e. The van der Waals surface area contributed by atoms with Gasteiger partial charge in [0.05, 0.1) is 5.69 Å². The molecule has 1 aromatic carbocycles. The molecule has 0 aliphatic heterocycles. The number of rotatable bonds is 4. The van der Waals surface area contributed by atoms with Crippen molar-refractivity contribution in [2.75, 3.05) is 0 Å². The van der Waals surface area contributed by atoms with Gasteiger partial charge in [0.25, 0.3) is 11.5 Å². The van der Waals surface area contributed by atoms with E-state index in [1.807, 2.05) is 36.5 Å². The number of carbonyl (C=O) groups excluding carboxylic acids is 1. The fourth-order valence-corrected chi connectivity index (χ4v) is 1.53. The van der Waals surface area contributed by atoms with Crippen LogP contribution in [0.4, 0.5) is 4.39 Å². The second-order valence-electron chi connectivity index (χ2n) is 3.64. The zero-order chi connectivity index (χ0) is 13.0. The van der Waals surface area contributed by atoms with Gasteiger partial charge in [-0.05, 0) is 23.8 Å². The molecule has 2 rings (SSSR count). The average Bonchev–Trinajstić information content (AvgIpc) is 2.90. The minimum atomic E-state index is -2.01. The monoisotopic (exact) mass is 267 g/mol. The Morgan fingerprint density at radius 1 is 1.44 bits per heavy atom. The molecule has 1 unspecified atom stereocenters. The van der Waals surface area contributed by atoms with Gasteiger partial charge in [0.2, 0.25) is 0 Å². The molecule has 0 aliphatic carbocycles. The van der Waals surface area contributed by atoms with Gasteiger partial charge in [0.1, 0.15) is 0 Å². The van der Waals surface area contributed by atoms with E-state index < -0.39 is 11.5 Å². The maximum absolute atomic E-state index is 12.4. The van der Waals surface area contributed by atoms with Crippen molar-refractivity contribution in [3.63, 3.8) is 0 Å². The molecule has 1 atom stereocenters. The number of amides is 1. The molecular formula is C12H11ClFN3O. The van der Waals surface area contributed by atoms with Crippen molar-refractivity contribution in [2.24, 2.45) is 0 Å². The van der Waals surface area contributed by atoms with Crippen LogP contribution in [-0.2, 0) is 11.3 Å². The largest absolute Gasteiger partial charge is 0.348 e. The Bertz CT molecular complexity index is 511. The number of nitrogens with one attached hydrogen (secondary N) is 1. The standard InChI is InChI=1S/C12H11ClFN3O/c13-11(14)12(18)15-8-9-2-4-10(5-3-9)17-7-1-6-16-17/h1-7,11H,8H2,(H,15,18). The van der Waals surface area contributed by atoms with Crippen LogP contribution in [0.3, 0.4) is 0 Å². The molecule has 1 amide bonds. The number of carbonyl (C=O) groups is 1. The van der Waals surface area contributed by atoms with Crippen LogP contribution >= 0.6 is 11.6 Å². The number of alkyl halides is 2. The van der Waals surface area contributed by atoms with Crippen molar-refractivity contribution in [3.05, 3.63) is 48.3 Å². The van der Waals surface area contributed by atoms with Crippen molar-refractivity contribution >= 4 is 17.5 Å². The molecule has 0 bridgehead atoms. The third kappa shape index (κ3) is 3.07. The van der Waals surface area contributed by atoms with E-state index in [2.05, 4.69) is 10.4 Å². The van der Waals surface area contributed by atoms with E-state index in [4.69, 9.17) is 11.6 Å². The van der Waals surface area contributed by atoms with E-state index in [-0.39, 0.29) is 6.54 Å². The average molecular weight is 268 g/mol.